The van der Waals surface area contributed by atoms with Crippen LogP contribution in [0.1, 0.15) is 13.0 Å². The van der Waals surface area contributed by atoms with Crippen LogP contribution in [0.15, 0.2) is 12.1 Å². The van der Waals surface area contributed by atoms with Crippen LogP contribution in [0.4, 0.5) is 5.95 Å². The third kappa shape index (κ3) is 1.83. The van der Waals surface area contributed by atoms with Crippen LogP contribution in [0.5, 0.6) is 5.88 Å². The highest BCUT2D eigenvalue weighted by Gasteiger charge is 2.20. The monoisotopic (exact) mass is 249 g/mol. The molecule has 0 aliphatic rings. The Labute approximate surface area is 104 Å². The van der Waals surface area contributed by atoms with E-state index >= 15 is 0 Å². The Balaban J connectivity index is 2.61. The minimum absolute atomic E-state index is 0.161. The molecule has 0 radical (unpaired) electrons. The Morgan fingerprint density at radius 2 is 2.22 bits per heavy atom. The van der Waals surface area contributed by atoms with Gasteiger partial charge in [-0.25, -0.2) is 4.98 Å². The number of nitrogens with zero attached hydrogens (tertiary/aromatic N) is 3. The molecule has 1 atom stereocenters. The van der Waals surface area contributed by atoms with Gasteiger partial charge in [0, 0.05) is 13.1 Å². The second-order valence-corrected chi connectivity index (χ2v) is 3.83. The maximum atomic E-state index is 11.7. The van der Waals surface area contributed by atoms with E-state index in [9.17, 15) is 4.79 Å². The van der Waals surface area contributed by atoms with Crippen LogP contribution in [0.25, 0.3) is 11.2 Å². The lowest BCUT2D eigenvalue weighted by molar-refractivity contribution is -0.123. The lowest BCUT2D eigenvalue weighted by Gasteiger charge is -2.13. The first-order chi connectivity index (χ1) is 8.58. The number of carbonyl (C=O) groups excluding carboxylic acids is 1. The first kappa shape index (κ1) is 12.2. The van der Waals surface area contributed by atoms with E-state index in [4.69, 9.17) is 10.5 Å². The van der Waals surface area contributed by atoms with Gasteiger partial charge in [0.2, 0.25) is 17.7 Å². The number of hydrogen-bond acceptors (Lipinski definition) is 5. The summed E-state index contributed by atoms with van der Waals surface area (Å²) in [6.45, 7) is 1.73. The van der Waals surface area contributed by atoms with Gasteiger partial charge in [-0.2, -0.15) is 4.98 Å². The molecule has 2 rings (SSSR count). The SMILES string of the molecule is CNC(=O)C(C)n1c(N)nc2ccc(OC)nc21. The van der Waals surface area contributed by atoms with Crippen molar-refractivity contribution in [3.05, 3.63) is 12.1 Å². The maximum Gasteiger partial charge on any atom is 0.242 e. The molecule has 18 heavy (non-hydrogen) atoms. The molecule has 0 fully saturated rings. The summed E-state index contributed by atoms with van der Waals surface area (Å²) < 4.78 is 6.64. The highest BCUT2D eigenvalue weighted by atomic mass is 16.5. The van der Waals surface area contributed by atoms with Crippen molar-refractivity contribution >= 4 is 23.0 Å². The van der Waals surface area contributed by atoms with Gasteiger partial charge in [0.05, 0.1) is 7.11 Å². The zero-order chi connectivity index (χ0) is 13.3. The van der Waals surface area contributed by atoms with Crippen LogP contribution >= 0.6 is 0 Å². The average molecular weight is 249 g/mol. The Bertz CT molecular complexity index is 592. The van der Waals surface area contributed by atoms with Crippen molar-refractivity contribution in [2.75, 3.05) is 19.9 Å². The second kappa shape index (κ2) is 4.52. The summed E-state index contributed by atoms with van der Waals surface area (Å²) in [5.41, 5.74) is 6.99. The van der Waals surface area contributed by atoms with Crippen molar-refractivity contribution in [1.82, 2.24) is 19.9 Å². The molecule has 2 aromatic heterocycles. The van der Waals surface area contributed by atoms with Crippen LogP contribution < -0.4 is 15.8 Å². The van der Waals surface area contributed by atoms with Crippen molar-refractivity contribution in [2.45, 2.75) is 13.0 Å². The predicted octanol–water partition coefficient (Wildman–Crippen LogP) is 0.329. The number of rotatable bonds is 3. The molecule has 7 nitrogen and oxygen atoms in total. The Hall–Kier alpha value is -2.31. The highest BCUT2D eigenvalue weighted by molar-refractivity contribution is 5.83. The normalized spacial score (nSPS) is 12.4. The van der Waals surface area contributed by atoms with Crippen LogP contribution in [0.2, 0.25) is 0 Å². The van der Waals surface area contributed by atoms with Gasteiger partial charge in [-0.15, -0.1) is 0 Å². The van der Waals surface area contributed by atoms with Crippen molar-refractivity contribution in [1.29, 1.82) is 0 Å². The molecule has 0 aliphatic carbocycles. The number of aromatic nitrogens is 3. The summed E-state index contributed by atoms with van der Waals surface area (Å²) >= 11 is 0. The average Bonchev–Trinajstić information content (AvgIpc) is 2.71. The molecule has 3 N–H and O–H groups in total. The van der Waals surface area contributed by atoms with Gasteiger partial charge in [-0.05, 0) is 13.0 Å². The molecule has 0 saturated carbocycles. The number of carbonyl (C=O) groups is 1. The van der Waals surface area contributed by atoms with Gasteiger partial charge in [0.15, 0.2) is 5.65 Å². The number of fused-ring (bicyclic) bond motifs is 1. The maximum absolute atomic E-state index is 11.7. The van der Waals surface area contributed by atoms with Gasteiger partial charge in [-0.1, -0.05) is 0 Å². The summed E-state index contributed by atoms with van der Waals surface area (Å²) in [5, 5.41) is 2.57. The van der Waals surface area contributed by atoms with Gasteiger partial charge >= 0.3 is 0 Å². The van der Waals surface area contributed by atoms with Crippen molar-refractivity contribution in [2.24, 2.45) is 0 Å². The Kier molecular flexibility index (Phi) is 3.05. The molecule has 1 unspecified atom stereocenters. The van der Waals surface area contributed by atoms with Crippen LogP contribution in [0, 0.1) is 0 Å². The number of anilines is 1. The molecular weight excluding hydrogens is 234 g/mol. The van der Waals surface area contributed by atoms with E-state index in [0.717, 1.165) is 0 Å². The second-order valence-electron chi connectivity index (χ2n) is 3.83. The summed E-state index contributed by atoms with van der Waals surface area (Å²) in [5.74, 6) is 0.542. The molecule has 0 aromatic carbocycles. The topological polar surface area (TPSA) is 95.1 Å². The van der Waals surface area contributed by atoms with Gasteiger partial charge in [0.1, 0.15) is 11.6 Å². The van der Waals surface area contributed by atoms with E-state index in [1.807, 2.05) is 0 Å². The third-order valence-electron chi connectivity index (χ3n) is 2.76. The third-order valence-corrected chi connectivity index (χ3v) is 2.76. The van der Waals surface area contributed by atoms with E-state index in [-0.39, 0.29) is 11.9 Å². The van der Waals surface area contributed by atoms with Gasteiger partial charge in [-0.3, -0.25) is 9.36 Å². The Morgan fingerprint density at radius 3 is 2.83 bits per heavy atom. The molecule has 0 spiro atoms. The number of nitrogen functional groups attached to an aromatic ring is 1. The standard InChI is InChI=1S/C11H15N5O2/c1-6(10(17)13-2)16-9-7(14-11(16)12)4-5-8(15-9)18-3/h4-6H,1-3H3,(H2,12,14)(H,13,17). The summed E-state index contributed by atoms with van der Waals surface area (Å²) in [4.78, 5) is 20.1. The van der Waals surface area contributed by atoms with Crippen molar-refractivity contribution in [3.63, 3.8) is 0 Å². The van der Waals surface area contributed by atoms with Crippen LogP contribution in [-0.4, -0.2) is 34.6 Å². The molecule has 2 heterocycles. The number of imidazole rings is 1. The first-order valence-corrected chi connectivity index (χ1v) is 5.48. The number of methoxy groups -OCH3 is 1. The zero-order valence-electron chi connectivity index (χ0n) is 10.5. The first-order valence-electron chi connectivity index (χ1n) is 5.48. The van der Waals surface area contributed by atoms with Gasteiger partial charge < -0.3 is 15.8 Å². The molecule has 0 bridgehead atoms. The number of nitrogens with one attached hydrogen (secondary N) is 1. The quantitative estimate of drug-likeness (QED) is 0.817. The molecular formula is C11H15N5O2. The molecule has 2 aromatic rings. The fourth-order valence-corrected chi connectivity index (χ4v) is 1.80. The molecule has 1 amide bonds. The highest BCUT2D eigenvalue weighted by Crippen LogP contribution is 2.23. The number of ether oxygens (including phenoxy) is 1. The number of hydrogen-bond donors (Lipinski definition) is 2. The molecule has 0 saturated heterocycles. The zero-order valence-corrected chi connectivity index (χ0v) is 10.5. The largest absolute Gasteiger partial charge is 0.481 e. The Morgan fingerprint density at radius 1 is 1.50 bits per heavy atom. The number of likely N-dealkylation sites (N-methyl/N-ethyl adjacent to an activating group) is 1. The van der Waals surface area contributed by atoms with E-state index in [1.54, 1.807) is 30.7 Å². The van der Waals surface area contributed by atoms with Crippen LogP contribution in [0.3, 0.4) is 0 Å². The predicted molar refractivity (Wildman–Crippen MR) is 67.3 cm³/mol. The number of nitrogens with two attached hydrogens (primary N) is 1. The van der Waals surface area contributed by atoms with E-state index in [0.29, 0.717) is 17.0 Å². The fraction of sp³-hybridized carbons (Fsp3) is 0.364. The number of amides is 1. The number of pyridine rings is 1. The lowest BCUT2D eigenvalue weighted by Crippen LogP contribution is -2.28. The van der Waals surface area contributed by atoms with E-state index in [2.05, 4.69) is 15.3 Å². The fourth-order valence-electron chi connectivity index (χ4n) is 1.80. The van der Waals surface area contributed by atoms with E-state index in [1.165, 1.54) is 7.11 Å². The van der Waals surface area contributed by atoms with Crippen molar-refractivity contribution < 1.29 is 9.53 Å². The minimum atomic E-state index is -0.486. The molecule has 0 aliphatic heterocycles. The minimum Gasteiger partial charge on any atom is -0.481 e. The summed E-state index contributed by atoms with van der Waals surface area (Å²) in [6, 6.07) is 2.97. The van der Waals surface area contributed by atoms with Crippen LogP contribution in [-0.2, 0) is 4.79 Å². The summed E-state index contributed by atoms with van der Waals surface area (Å²) in [7, 11) is 3.10. The van der Waals surface area contributed by atoms with E-state index < -0.39 is 6.04 Å². The lowest BCUT2D eigenvalue weighted by atomic mass is 10.3. The van der Waals surface area contributed by atoms with Crippen molar-refractivity contribution in [3.8, 4) is 5.88 Å². The van der Waals surface area contributed by atoms with Gasteiger partial charge in [0.25, 0.3) is 0 Å². The molecule has 96 valence electrons. The molecule has 7 heteroatoms. The summed E-state index contributed by atoms with van der Waals surface area (Å²) in [6.07, 6.45) is 0. The smallest absolute Gasteiger partial charge is 0.242 e.